The summed E-state index contributed by atoms with van der Waals surface area (Å²) in [6.45, 7) is 1.85. The summed E-state index contributed by atoms with van der Waals surface area (Å²) >= 11 is 0. The summed E-state index contributed by atoms with van der Waals surface area (Å²) in [5, 5.41) is 22.3. The topological polar surface area (TPSA) is 117 Å². The molecular formula is C25H26N2O6. The summed E-state index contributed by atoms with van der Waals surface area (Å²) in [7, 11) is 0. The van der Waals surface area contributed by atoms with Crippen molar-refractivity contribution < 1.29 is 29.4 Å². The van der Waals surface area contributed by atoms with Gasteiger partial charge in [0.25, 0.3) is 5.91 Å². The number of anilines is 1. The molecule has 0 saturated carbocycles. The summed E-state index contributed by atoms with van der Waals surface area (Å²) in [4.78, 5) is 24.2. The Kier molecular flexibility index (Phi) is 8.40. The van der Waals surface area contributed by atoms with Crippen molar-refractivity contribution in [3.8, 4) is 5.75 Å². The first-order valence-electron chi connectivity index (χ1n) is 10.4. The molecule has 2 amide bonds. The van der Waals surface area contributed by atoms with Crippen LogP contribution < -0.4 is 15.5 Å². The maximum absolute atomic E-state index is 12.8. The third-order valence-corrected chi connectivity index (χ3v) is 4.97. The van der Waals surface area contributed by atoms with Crippen molar-refractivity contribution in [3.05, 3.63) is 84.4 Å². The van der Waals surface area contributed by atoms with E-state index in [9.17, 15) is 9.59 Å². The van der Waals surface area contributed by atoms with Crippen molar-refractivity contribution in [2.75, 3.05) is 18.5 Å². The zero-order valence-corrected chi connectivity index (χ0v) is 18.1. The quantitative estimate of drug-likeness (QED) is 0.221. The number of carbonyl (C=O) groups excluding carboxylic acids is 2. The molecule has 0 aliphatic carbocycles. The van der Waals surface area contributed by atoms with E-state index >= 15 is 0 Å². The Bertz CT molecular complexity index is 1110. The van der Waals surface area contributed by atoms with E-state index in [1.807, 2.05) is 36.4 Å². The molecule has 2 atom stereocenters. The molecule has 0 saturated heterocycles. The Morgan fingerprint density at radius 3 is 2.48 bits per heavy atom. The van der Waals surface area contributed by atoms with Gasteiger partial charge in [-0.05, 0) is 29.1 Å². The average molecular weight is 450 g/mol. The van der Waals surface area contributed by atoms with Gasteiger partial charge in [-0.15, -0.1) is 0 Å². The third-order valence-electron chi connectivity index (χ3n) is 4.97. The summed E-state index contributed by atoms with van der Waals surface area (Å²) in [6, 6.07) is 20.2. The highest BCUT2D eigenvalue weighted by molar-refractivity contribution is 6.00. The van der Waals surface area contributed by atoms with Crippen molar-refractivity contribution in [2.45, 2.75) is 13.0 Å². The fourth-order valence-corrected chi connectivity index (χ4v) is 3.36. The van der Waals surface area contributed by atoms with Gasteiger partial charge in [0.2, 0.25) is 0 Å². The van der Waals surface area contributed by atoms with Gasteiger partial charge in [0, 0.05) is 17.4 Å². The first-order chi connectivity index (χ1) is 16.0. The molecule has 0 bridgehead atoms. The first kappa shape index (κ1) is 23.8. The van der Waals surface area contributed by atoms with Gasteiger partial charge in [-0.1, -0.05) is 61.5 Å². The van der Waals surface area contributed by atoms with Crippen molar-refractivity contribution in [2.24, 2.45) is 5.92 Å². The molecule has 0 fully saturated rings. The van der Waals surface area contributed by atoms with E-state index in [4.69, 9.17) is 19.8 Å². The molecule has 0 aliphatic heterocycles. The molecule has 33 heavy (non-hydrogen) atoms. The molecule has 0 aromatic heterocycles. The van der Waals surface area contributed by atoms with E-state index in [2.05, 4.69) is 5.32 Å². The number of hydrogen-bond donors (Lipinski definition) is 4. The highest BCUT2D eigenvalue weighted by Crippen LogP contribution is 2.30. The minimum Gasteiger partial charge on any atom is -0.491 e. The van der Waals surface area contributed by atoms with Crippen LogP contribution in [0.25, 0.3) is 10.8 Å². The van der Waals surface area contributed by atoms with Gasteiger partial charge in [-0.25, -0.2) is 10.3 Å². The molecule has 172 valence electrons. The highest BCUT2D eigenvalue weighted by atomic mass is 16.6. The Morgan fingerprint density at radius 1 is 1.03 bits per heavy atom. The molecule has 3 rings (SSSR count). The fraction of sp³-hybridized carbons (Fsp3) is 0.200. The van der Waals surface area contributed by atoms with E-state index < -0.39 is 24.0 Å². The molecule has 0 unspecified atom stereocenters. The lowest BCUT2D eigenvalue weighted by atomic mass is 9.96. The van der Waals surface area contributed by atoms with Gasteiger partial charge in [-0.2, -0.15) is 0 Å². The molecule has 0 radical (unpaired) electrons. The Morgan fingerprint density at radius 2 is 1.76 bits per heavy atom. The largest absolute Gasteiger partial charge is 0.491 e. The Labute approximate surface area is 191 Å². The van der Waals surface area contributed by atoms with Gasteiger partial charge in [0.1, 0.15) is 18.5 Å². The van der Waals surface area contributed by atoms with E-state index in [0.29, 0.717) is 17.0 Å². The van der Waals surface area contributed by atoms with Crippen molar-refractivity contribution in [1.29, 1.82) is 0 Å². The van der Waals surface area contributed by atoms with Crippen LogP contribution in [0.5, 0.6) is 5.75 Å². The van der Waals surface area contributed by atoms with Crippen LogP contribution in [0.15, 0.2) is 78.9 Å². The van der Waals surface area contributed by atoms with Crippen LogP contribution in [0.4, 0.5) is 10.5 Å². The van der Waals surface area contributed by atoms with Gasteiger partial charge < -0.3 is 14.6 Å². The summed E-state index contributed by atoms with van der Waals surface area (Å²) < 4.78 is 11.1. The van der Waals surface area contributed by atoms with Crippen molar-refractivity contribution in [1.82, 2.24) is 5.48 Å². The van der Waals surface area contributed by atoms with Gasteiger partial charge in [0.15, 0.2) is 0 Å². The minimum absolute atomic E-state index is 0.101. The molecule has 0 spiro atoms. The Hall–Kier alpha value is -3.88. The molecular weight excluding hydrogens is 424 g/mol. The number of rotatable bonds is 9. The van der Waals surface area contributed by atoms with Crippen LogP contribution in [0.1, 0.15) is 18.6 Å². The number of hydrogen-bond acceptors (Lipinski definition) is 6. The van der Waals surface area contributed by atoms with Crippen LogP contribution in [-0.4, -0.2) is 35.5 Å². The van der Waals surface area contributed by atoms with Crippen molar-refractivity contribution in [3.63, 3.8) is 0 Å². The number of nitrogens with one attached hydrogen (secondary N) is 2. The zero-order valence-electron chi connectivity index (χ0n) is 18.1. The van der Waals surface area contributed by atoms with Crippen LogP contribution in [0.3, 0.4) is 0 Å². The number of ether oxygens (including phenoxy) is 2. The number of aliphatic hydroxyl groups excluding tert-OH is 1. The number of amides is 2. The van der Waals surface area contributed by atoms with Crippen LogP contribution in [-0.2, 0) is 9.53 Å². The number of carbonyl (C=O) groups is 2. The molecule has 8 nitrogen and oxygen atoms in total. The summed E-state index contributed by atoms with van der Waals surface area (Å²) in [5.74, 6) is -0.520. The fourth-order valence-electron chi connectivity index (χ4n) is 3.36. The van der Waals surface area contributed by atoms with Gasteiger partial charge >= 0.3 is 6.09 Å². The zero-order chi connectivity index (χ0) is 23.6. The second-order valence-electron chi connectivity index (χ2n) is 7.31. The molecule has 3 aromatic rings. The minimum atomic E-state index is -0.727. The van der Waals surface area contributed by atoms with Crippen LogP contribution in [0.2, 0.25) is 0 Å². The molecule has 3 aromatic carbocycles. The van der Waals surface area contributed by atoms with Crippen molar-refractivity contribution >= 4 is 28.5 Å². The standard InChI is InChI=1S/C25H26N2O6/c1-17(9-14-23(29)27-31)24(19-10-12-20(13-11-19)32-16-15-28)33-25(30)26-22-8-4-6-18-5-2-3-7-21(18)22/h2-14,17,24,28,31H,15-16H2,1H3,(H,26,30)(H,27,29)/b14-9+/t17-,24+/m1/s1. The van der Waals surface area contributed by atoms with Gasteiger partial charge in [0.05, 0.1) is 12.3 Å². The lowest BCUT2D eigenvalue weighted by Gasteiger charge is -2.23. The maximum atomic E-state index is 12.8. The van der Waals surface area contributed by atoms with Crippen LogP contribution >= 0.6 is 0 Å². The molecule has 0 heterocycles. The Balaban J connectivity index is 1.81. The lowest BCUT2D eigenvalue weighted by Crippen LogP contribution is -2.22. The number of aliphatic hydroxyl groups is 1. The molecule has 8 heteroatoms. The maximum Gasteiger partial charge on any atom is 0.412 e. The van der Waals surface area contributed by atoms with Gasteiger partial charge in [-0.3, -0.25) is 15.3 Å². The van der Waals surface area contributed by atoms with E-state index in [1.165, 1.54) is 17.6 Å². The number of fused-ring (bicyclic) bond motifs is 1. The number of hydroxylamine groups is 1. The second kappa shape index (κ2) is 11.7. The first-order valence-corrected chi connectivity index (χ1v) is 10.4. The predicted molar refractivity (Wildman–Crippen MR) is 124 cm³/mol. The van der Waals surface area contributed by atoms with Crippen LogP contribution in [0, 0.1) is 5.92 Å². The summed E-state index contributed by atoms with van der Waals surface area (Å²) in [5.41, 5.74) is 2.83. The molecule has 4 N–H and O–H groups in total. The summed E-state index contributed by atoms with van der Waals surface area (Å²) in [6.07, 6.45) is 1.33. The lowest BCUT2D eigenvalue weighted by molar-refractivity contribution is -0.124. The monoisotopic (exact) mass is 450 g/mol. The predicted octanol–water partition coefficient (Wildman–Crippen LogP) is 4.20. The second-order valence-corrected chi connectivity index (χ2v) is 7.31. The van der Waals surface area contributed by atoms with E-state index in [0.717, 1.165) is 10.8 Å². The van der Waals surface area contributed by atoms with E-state index in [1.54, 1.807) is 37.3 Å². The third kappa shape index (κ3) is 6.55. The van der Waals surface area contributed by atoms with E-state index in [-0.39, 0.29) is 13.2 Å². The number of benzene rings is 3. The normalized spacial score (nSPS) is 12.8. The molecule has 0 aliphatic rings. The smallest absolute Gasteiger partial charge is 0.412 e. The SMILES string of the molecule is C[C@H](/C=C/C(=O)NO)[C@H](OC(=O)Nc1cccc2ccccc12)c1ccc(OCCO)cc1. The average Bonchev–Trinajstić information content (AvgIpc) is 2.85. The highest BCUT2D eigenvalue weighted by Gasteiger charge is 2.23.